The van der Waals surface area contributed by atoms with E-state index in [0.29, 0.717) is 18.2 Å². The maximum absolute atomic E-state index is 9.80. The number of aliphatic hydroxyl groups is 1. The number of hydrogen-bond acceptors (Lipinski definition) is 6. The lowest BCUT2D eigenvalue weighted by molar-refractivity contribution is 0.208. The molecule has 6 nitrogen and oxygen atoms in total. The van der Waals surface area contributed by atoms with Crippen molar-refractivity contribution < 1.29 is 14.6 Å². The first-order valence-corrected chi connectivity index (χ1v) is 8.60. The van der Waals surface area contributed by atoms with Crippen LogP contribution in [0.5, 0.6) is 11.5 Å². The smallest absolute Gasteiger partial charge is 0.224 e. The van der Waals surface area contributed by atoms with E-state index in [1.165, 1.54) is 0 Å². The van der Waals surface area contributed by atoms with Crippen LogP contribution in [-0.2, 0) is 6.61 Å². The molecule has 134 valence electrons. The predicted octanol–water partition coefficient (Wildman–Crippen LogP) is 3.07. The van der Waals surface area contributed by atoms with E-state index >= 15 is 0 Å². The first-order valence-electron chi connectivity index (χ1n) is 8.22. The lowest BCUT2D eigenvalue weighted by Crippen LogP contribution is -2.45. The van der Waals surface area contributed by atoms with Gasteiger partial charge in [0, 0.05) is 6.54 Å². The van der Waals surface area contributed by atoms with Crippen LogP contribution in [0, 0.1) is 0 Å². The molecule has 0 unspecified atom stereocenters. The second-order valence-corrected chi connectivity index (χ2v) is 6.71. The van der Waals surface area contributed by atoms with Gasteiger partial charge >= 0.3 is 0 Å². The number of hydrogen-bond donors (Lipinski definition) is 1. The van der Waals surface area contributed by atoms with Gasteiger partial charge in [-0.1, -0.05) is 12.1 Å². The van der Waals surface area contributed by atoms with E-state index in [-0.39, 0.29) is 17.4 Å². The number of ether oxygens (including phenoxy) is 2. The standard InChI is InChI=1S/C18H22ClN3O3/c1-18(12-23)8-3-9-22(18)16-15(10-20-17(19)21-16)25-11-13-4-6-14(24-2)7-5-13/h4-7,10,23H,3,8-9,11-12H2,1-2H3/t18-/m0/s1. The molecule has 1 fully saturated rings. The Hall–Kier alpha value is -2.05. The third-order valence-corrected chi connectivity index (χ3v) is 4.79. The van der Waals surface area contributed by atoms with Gasteiger partial charge in [0.25, 0.3) is 0 Å². The molecular formula is C18H22ClN3O3. The van der Waals surface area contributed by atoms with Crippen molar-refractivity contribution in [2.75, 3.05) is 25.2 Å². The zero-order chi connectivity index (χ0) is 17.9. The van der Waals surface area contributed by atoms with Gasteiger partial charge in [-0.2, -0.15) is 4.98 Å². The summed E-state index contributed by atoms with van der Waals surface area (Å²) in [6.45, 7) is 3.24. The molecule has 1 aromatic heterocycles. The van der Waals surface area contributed by atoms with E-state index in [1.807, 2.05) is 31.2 Å². The van der Waals surface area contributed by atoms with Crippen LogP contribution >= 0.6 is 11.6 Å². The van der Waals surface area contributed by atoms with Gasteiger partial charge in [-0.25, -0.2) is 4.98 Å². The minimum Gasteiger partial charge on any atom is -0.497 e. The molecule has 2 heterocycles. The molecule has 1 aromatic carbocycles. The van der Waals surface area contributed by atoms with E-state index in [2.05, 4.69) is 14.9 Å². The monoisotopic (exact) mass is 363 g/mol. The van der Waals surface area contributed by atoms with Crippen LogP contribution in [-0.4, -0.2) is 40.9 Å². The molecule has 0 saturated carbocycles. The van der Waals surface area contributed by atoms with Crippen molar-refractivity contribution in [3.8, 4) is 11.5 Å². The fourth-order valence-electron chi connectivity index (χ4n) is 3.07. The number of nitrogens with zero attached hydrogens (tertiary/aromatic N) is 3. The quantitative estimate of drug-likeness (QED) is 0.795. The Morgan fingerprint density at radius 3 is 2.76 bits per heavy atom. The zero-order valence-electron chi connectivity index (χ0n) is 14.4. The Bertz CT molecular complexity index is 726. The summed E-state index contributed by atoms with van der Waals surface area (Å²) in [7, 11) is 1.64. The van der Waals surface area contributed by atoms with Crippen molar-refractivity contribution in [2.45, 2.75) is 31.9 Å². The maximum Gasteiger partial charge on any atom is 0.224 e. The maximum atomic E-state index is 9.80. The molecule has 7 heteroatoms. The van der Waals surface area contributed by atoms with E-state index in [1.54, 1.807) is 13.3 Å². The minimum atomic E-state index is -0.365. The van der Waals surface area contributed by atoms with E-state index < -0.39 is 0 Å². The topological polar surface area (TPSA) is 67.7 Å². The number of aromatic nitrogens is 2. The normalized spacial score (nSPS) is 19.9. The Morgan fingerprint density at radius 2 is 2.08 bits per heavy atom. The summed E-state index contributed by atoms with van der Waals surface area (Å²) in [6.07, 6.45) is 3.46. The molecule has 0 spiro atoms. The number of anilines is 1. The number of halogens is 1. The molecular weight excluding hydrogens is 342 g/mol. The molecule has 2 aromatic rings. The van der Waals surface area contributed by atoms with Gasteiger partial charge in [-0.3, -0.25) is 0 Å². The highest BCUT2D eigenvalue weighted by Gasteiger charge is 2.38. The molecule has 0 amide bonds. The number of benzene rings is 1. The lowest BCUT2D eigenvalue weighted by Gasteiger charge is -2.35. The second-order valence-electron chi connectivity index (χ2n) is 6.37. The molecule has 0 aliphatic carbocycles. The summed E-state index contributed by atoms with van der Waals surface area (Å²) in [5.74, 6) is 1.99. The van der Waals surface area contributed by atoms with Crippen LogP contribution in [0.4, 0.5) is 5.82 Å². The molecule has 3 rings (SSSR count). The lowest BCUT2D eigenvalue weighted by atomic mass is 10.0. The average molecular weight is 364 g/mol. The van der Waals surface area contributed by atoms with Crippen LogP contribution in [0.25, 0.3) is 0 Å². The summed E-state index contributed by atoms with van der Waals surface area (Å²) in [6, 6.07) is 7.68. The van der Waals surface area contributed by atoms with Crippen molar-refractivity contribution in [3.63, 3.8) is 0 Å². The van der Waals surface area contributed by atoms with E-state index in [0.717, 1.165) is 30.7 Å². The van der Waals surface area contributed by atoms with Crippen molar-refractivity contribution in [1.82, 2.24) is 9.97 Å². The molecule has 25 heavy (non-hydrogen) atoms. The summed E-state index contributed by atoms with van der Waals surface area (Å²) < 4.78 is 11.1. The van der Waals surface area contributed by atoms with Crippen molar-refractivity contribution >= 4 is 17.4 Å². The highest BCUT2D eigenvalue weighted by molar-refractivity contribution is 6.28. The minimum absolute atomic E-state index is 0.0482. The van der Waals surface area contributed by atoms with Gasteiger partial charge in [0.1, 0.15) is 12.4 Å². The van der Waals surface area contributed by atoms with Crippen molar-refractivity contribution in [2.24, 2.45) is 0 Å². The highest BCUT2D eigenvalue weighted by atomic mass is 35.5. The SMILES string of the molecule is COc1ccc(COc2cnc(Cl)nc2N2CCC[C@@]2(C)CO)cc1. The fourth-order valence-corrected chi connectivity index (χ4v) is 3.20. The summed E-state index contributed by atoms with van der Waals surface area (Å²) in [5, 5.41) is 9.97. The summed E-state index contributed by atoms with van der Waals surface area (Å²) in [4.78, 5) is 10.5. The van der Waals surface area contributed by atoms with Crippen LogP contribution in [0.2, 0.25) is 5.28 Å². The third kappa shape index (κ3) is 3.80. The first kappa shape index (κ1) is 17.8. The van der Waals surface area contributed by atoms with E-state index in [4.69, 9.17) is 21.1 Å². The Labute approximate surface area is 152 Å². The second kappa shape index (κ2) is 7.45. The highest BCUT2D eigenvalue weighted by Crippen LogP contribution is 2.38. The van der Waals surface area contributed by atoms with Gasteiger partial charge in [0.15, 0.2) is 11.6 Å². The van der Waals surface area contributed by atoms with Gasteiger partial charge < -0.3 is 19.5 Å². The van der Waals surface area contributed by atoms with Crippen LogP contribution in [0.15, 0.2) is 30.5 Å². The molecule has 1 N–H and O–H groups in total. The van der Waals surface area contributed by atoms with Crippen LogP contribution in [0.1, 0.15) is 25.3 Å². The van der Waals surface area contributed by atoms with Crippen molar-refractivity contribution in [3.05, 3.63) is 41.3 Å². The molecule has 1 atom stereocenters. The first-order chi connectivity index (χ1) is 12.1. The molecule has 0 radical (unpaired) electrons. The summed E-state index contributed by atoms with van der Waals surface area (Å²) >= 11 is 6.00. The van der Waals surface area contributed by atoms with Crippen molar-refractivity contribution in [1.29, 1.82) is 0 Å². The number of methoxy groups -OCH3 is 1. The van der Waals surface area contributed by atoms with Gasteiger partial charge in [-0.05, 0) is 49.1 Å². The average Bonchev–Trinajstić information content (AvgIpc) is 3.03. The Morgan fingerprint density at radius 1 is 1.32 bits per heavy atom. The molecule has 1 aliphatic heterocycles. The Kier molecular flexibility index (Phi) is 5.30. The molecule has 1 aliphatic rings. The van der Waals surface area contributed by atoms with Gasteiger partial charge in [0.2, 0.25) is 5.28 Å². The zero-order valence-corrected chi connectivity index (χ0v) is 15.2. The van der Waals surface area contributed by atoms with E-state index in [9.17, 15) is 5.11 Å². The third-order valence-electron chi connectivity index (χ3n) is 4.61. The molecule has 0 bridgehead atoms. The molecule has 1 saturated heterocycles. The largest absolute Gasteiger partial charge is 0.497 e. The predicted molar refractivity (Wildman–Crippen MR) is 96.4 cm³/mol. The van der Waals surface area contributed by atoms with Gasteiger partial charge in [0.05, 0.1) is 25.5 Å². The fraction of sp³-hybridized carbons (Fsp3) is 0.444. The van der Waals surface area contributed by atoms with Gasteiger partial charge in [-0.15, -0.1) is 0 Å². The van der Waals surface area contributed by atoms with Crippen LogP contribution in [0.3, 0.4) is 0 Å². The number of rotatable bonds is 6. The van der Waals surface area contributed by atoms with Crippen LogP contribution < -0.4 is 14.4 Å². The summed E-state index contributed by atoms with van der Waals surface area (Å²) in [5.41, 5.74) is 0.642. The Balaban J connectivity index is 1.81. The number of aliphatic hydroxyl groups excluding tert-OH is 1.